The number of carbonyl (C=O) groups excluding carboxylic acids is 1. The molecule has 1 amide bonds. The first-order valence-corrected chi connectivity index (χ1v) is 9.71. The summed E-state index contributed by atoms with van der Waals surface area (Å²) >= 11 is 0. The zero-order valence-corrected chi connectivity index (χ0v) is 15.0. The summed E-state index contributed by atoms with van der Waals surface area (Å²) in [5, 5.41) is 10.8. The number of nitrogens with zero attached hydrogens (tertiary/aromatic N) is 2. The Hall–Kier alpha value is -2.03. The summed E-state index contributed by atoms with van der Waals surface area (Å²) in [6.45, 7) is 3.51. The Bertz CT molecular complexity index is 823. The van der Waals surface area contributed by atoms with Gasteiger partial charge in [0.15, 0.2) is 9.84 Å². The molecule has 25 heavy (non-hydrogen) atoms. The van der Waals surface area contributed by atoms with Crippen LogP contribution in [0.4, 0.5) is 0 Å². The number of amides is 1. The predicted molar refractivity (Wildman–Crippen MR) is 93.8 cm³/mol. The molecule has 0 aliphatic heterocycles. The average Bonchev–Trinajstić information content (AvgIpc) is 2.57. The molecule has 136 valence electrons. The number of pyridine rings is 1. The van der Waals surface area contributed by atoms with Gasteiger partial charge in [-0.05, 0) is 31.5 Å². The van der Waals surface area contributed by atoms with E-state index in [4.69, 9.17) is 4.74 Å². The quantitative estimate of drug-likeness (QED) is 0.413. The largest absolute Gasteiger partial charge is 0.377 e. The number of rotatable bonds is 9. The highest BCUT2D eigenvalue weighted by Crippen LogP contribution is 2.16. The van der Waals surface area contributed by atoms with Crippen molar-refractivity contribution in [3.63, 3.8) is 0 Å². The summed E-state index contributed by atoms with van der Waals surface area (Å²) in [6, 6.07) is 8.24. The number of benzene rings is 1. The van der Waals surface area contributed by atoms with Crippen LogP contribution >= 0.6 is 0 Å². The van der Waals surface area contributed by atoms with Gasteiger partial charge in [0, 0.05) is 11.6 Å². The van der Waals surface area contributed by atoms with Gasteiger partial charge in [-0.25, -0.2) is 13.5 Å². The van der Waals surface area contributed by atoms with Gasteiger partial charge in [0.2, 0.25) is 6.41 Å². The van der Waals surface area contributed by atoms with Crippen molar-refractivity contribution in [2.24, 2.45) is 0 Å². The molecule has 0 fully saturated rings. The molecule has 2 rings (SSSR count). The Labute approximate surface area is 147 Å². The van der Waals surface area contributed by atoms with Crippen molar-refractivity contribution in [1.29, 1.82) is 0 Å². The van der Waals surface area contributed by atoms with E-state index in [-0.39, 0.29) is 24.9 Å². The number of para-hydroxylation sites is 1. The summed E-state index contributed by atoms with van der Waals surface area (Å²) in [4.78, 5) is 15.0. The van der Waals surface area contributed by atoms with Gasteiger partial charge < -0.3 is 4.74 Å². The van der Waals surface area contributed by atoms with Crippen molar-refractivity contribution < 1.29 is 23.2 Å². The Balaban J connectivity index is 2.13. The molecule has 0 aliphatic carbocycles. The number of sulfone groups is 1. The first-order chi connectivity index (χ1) is 11.8. The topological polar surface area (TPSA) is 96.8 Å². The lowest BCUT2D eigenvalue weighted by Crippen LogP contribution is -2.41. The molecule has 0 saturated carbocycles. The minimum absolute atomic E-state index is 0.0674. The lowest BCUT2D eigenvalue weighted by atomic mass is 10.2. The van der Waals surface area contributed by atoms with Crippen LogP contribution < -0.4 is 0 Å². The van der Waals surface area contributed by atoms with Gasteiger partial charge in [-0.15, -0.1) is 0 Å². The fourth-order valence-corrected chi connectivity index (χ4v) is 4.01. The minimum Gasteiger partial charge on any atom is -0.377 e. The molecular formula is C17H22N2O5S. The van der Waals surface area contributed by atoms with Crippen LogP contribution in [0.25, 0.3) is 10.9 Å². The Morgan fingerprint density at radius 3 is 2.72 bits per heavy atom. The van der Waals surface area contributed by atoms with E-state index in [0.717, 1.165) is 10.9 Å². The maximum absolute atomic E-state index is 12.5. The highest BCUT2D eigenvalue weighted by Gasteiger charge is 2.25. The first kappa shape index (κ1) is 19.3. The number of carbonyl (C=O) groups is 1. The van der Waals surface area contributed by atoms with Crippen LogP contribution in [0.15, 0.2) is 36.5 Å². The Morgan fingerprint density at radius 2 is 2.04 bits per heavy atom. The van der Waals surface area contributed by atoms with Crippen LogP contribution in [-0.2, 0) is 25.1 Å². The van der Waals surface area contributed by atoms with Crippen molar-refractivity contribution in [2.75, 3.05) is 12.4 Å². The summed E-state index contributed by atoms with van der Waals surface area (Å²) in [6.07, 6.45) is 1.56. The fraction of sp³-hybridized carbons (Fsp3) is 0.412. The molecule has 0 spiro atoms. The maximum Gasteiger partial charge on any atom is 0.233 e. The van der Waals surface area contributed by atoms with E-state index in [1.165, 1.54) is 6.20 Å². The molecule has 0 radical (unpaired) electrons. The number of hydroxylamine groups is 2. The SMILES string of the molecule is CC(C)OC[C@@H](CS(=O)(=O)Cc1cnc2ccccc2c1)N(O)C=O. The van der Waals surface area contributed by atoms with Gasteiger partial charge in [0.05, 0.1) is 35.8 Å². The molecular weight excluding hydrogens is 344 g/mol. The third-order valence-electron chi connectivity index (χ3n) is 3.58. The minimum atomic E-state index is -3.59. The van der Waals surface area contributed by atoms with Crippen LogP contribution in [0.3, 0.4) is 0 Å². The van der Waals surface area contributed by atoms with Gasteiger partial charge in [-0.2, -0.15) is 0 Å². The van der Waals surface area contributed by atoms with Gasteiger partial charge in [0.1, 0.15) is 0 Å². The predicted octanol–water partition coefficient (Wildman–Crippen LogP) is 1.79. The van der Waals surface area contributed by atoms with Gasteiger partial charge in [-0.3, -0.25) is 15.0 Å². The smallest absolute Gasteiger partial charge is 0.233 e. The molecule has 7 nitrogen and oxygen atoms in total. The summed E-state index contributed by atoms with van der Waals surface area (Å²) in [5.41, 5.74) is 1.34. The van der Waals surface area contributed by atoms with E-state index in [1.54, 1.807) is 19.9 Å². The van der Waals surface area contributed by atoms with E-state index in [2.05, 4.69) is 4.98 Å². The molecule has 1 heterocycles. The highest BCUT2D eigenvalue weighted by molar-refractivity contribution is 7.90. The second-order valence-electron chi connectivity index (χ2n) is 6.11. The van der Waals surface area contributed by atoms with Crippen molar-refractivity contribution in [2.45, 2.75) is 31.7 Å². The number of hydrogen-bond acceptors (Lipinski definition) is 6. The molecule has 1 aromatic heterocycles. The first-order valence-electron chi connectivity index (χ1n) is 7.89. The highest BCUT2D eigenvalue weighted by atomic mass is 32.2. The Morgan fingerprint density at radius 1 is 1.32 bits per heavy atom. The molecule has 0 saturated heterocycles. The molecule has 1 aromatic carbocycles. The van der Waals surface area contributed by atoms with E-state index in [1.807, 2.05) is 24.3 Å². The van der Waals surface area contributed by atoms with Crippen LogP contribution in [0.1, 0.15) is 19.4 Å². The Kier molecular flexibility index (Phi) is 6.46. The monoisotopic (exact) mass is 366 g/mol. The third-order valence-corrected chi connectivity index (χ3v) is 5.25. The molecule has 8 heteroatoms. The van der Waals surface area contributed by atoms with Crippen LogP contribution in [0, 0.1) is 0 Å². The number of ether oxygens (including phenoxy) is 1. The maximum atomic E-state index is 12.5. The molecule has 0 bridgehead atoms. The summed E-state index contributed by atoms with van der Waals surface area (Å²) < 4.78 is 30.3. The van der Waals surface area contributed by atoms with Crippen molar-refractivity contribution in [3.8, 4) is 0 Å². The van der Waals surface area contributed by atoms with Gasteiger partial charge in [0.25, 0.3) is 0 Å². The molecule has 0 unspecified atom stereocenters. The van der Waals surface area contributed by atoms with E-state index in [9.17, 15) is 18.4 Å². The normalized spacial score (nSPS) is 13.1. The number of hydrogen-bond donors (Lipinski definition) is 1. The lowest BCUT2D eigenvalue weighted by Gasteiger charge is -2.23. The third kappa shape index (κ3) is 5.77. The van der Waals surface area contributed by atoms with Crippen molar-refractivity contribution in [1.82, 2.24) is 10.0 Å². The van der Waals surface area contributed by atoms with Crippen LogP contribution in [-0.4, -0.2) is 54.6 Å². The fourth-order valence-electron chi connectivity index (χ4n) is 2.39. The lowest BCUT2D eigenvalue weighted by molar-refractivity contribution is -0.164. The molecule has 2 aromatic rings. The van der Waals surface area contributed by atoms with Crippen molar-refractivity contribution >= 4 is 27.2 Å². The van der Waals surface area contributed by atoms with Gasteiger partial charge in [-0.1, -0.05) is 18.2 Å². The average molecular weight is 366 g/mol. The number of fused-ring (bicyclic) bond motifs is 1. The van der Waals surface area contributed by atoms with Crippen molar-refractivity contribution in [3.05, 3.63) is 42.1 Å². The van der Waals surface area contributed by atoms with E-state index in [0.29, 0.717) is 10.6 Å². The zero-order chi connectivity index (χ0) is 18.4. The standard InChI is InChI=1S/C17H22N2O5S/c1-13(2)24-9-16(19(21)12-20)11-25(22,23)10-14-7-15-5-3-4-6-17(15)18-8-14/h3-8,12-13,16,21H,9-11H2,1-2H3/t16-/m0/s1. The summed E-state index contributed by atoms with van der Waals surface area (Å²) in [5.74, 6) is -0.627. The zero-order valence-electron chi connectivity index (χ0n) is 14.2. The van der Waals surface area contributed by atoms with Crippen LogP contribution in [0.5, 0.6) is 0 Å². The second kappa shape index (κ2) is 8.37. The molecule has 1 N–H and O–H groups in total. The number of aromatic nitrogens is 1. The van der Waals surface area contributed by atoms with Crippen LogP contribution in [0.2, 0.25) is 0 Å². The van der Waals surface area contributed by atoms with E-state index >= 15 is 0 Å². The summed E-state index contributed by atoms with van der Waals surface area (Å²) in [7, 11) is -3.59. The van der Waals surface area contributed by atoms with Gasteiger partial charge >= 0.3 is 0 Å². The van der Waals surface area contributed by atoms with E-state index < -0.39 is 21.6 Å². The second-order valence-corrected chi connectivity index (χ2v) is 8.22. The molecule has 0 aliphatic rings. The molecule has 1 atom stereocenters.